The molecule has 0 saturated heterocycles. The van der Waals surface area contributed by atoms with Gasteiger partial charge in [-0.25, -0.2) is 4.39 Å². The van der Waals surface area contributed by atoms with E-state index in [1.54, 1.807) is 0 Å². The summed E-state index contributed by atoms with van der Waals surface area (Å²) in [6.45, 7) is -0.180. The molecule has 1 N–H and O–H groups in total. The van der Waals surface area contributed by atoms with Crippen molar-refractivity contribution in [3.05, 3.63) is 76.1 Å². The van der Waals surface area contributed by atoms with Gasteiger partial charge in [-0.1, -0.05) is 0 Å². The number of non-ortho nitro benzene ring substituents is 1. The van der Waals surface area contributed by atoms with Crippen molar-refractivity contribution in [3.8, 4) is 0 Å². The fraction of sp³-hybridized carbons (Fsp3) is 0.111. The minimum atomic E-state index is -0.508. The van der Waals surface area contributed by atoms with Gasteiger partial charge in [0.05, 0.1) is 11.5 Å². The van der Waals surface area contributed by atoms with Gasteiger partial charge in [0.1, 0.15) is 5.82 Å². The molecule has 8 heteroatoms. The topological polar surface area (TPSA) is 92.6 Å². The Hall–Kier alpha value is -3.55. The second-order valence-electron chi connectivity index (χ2n) is 5.43. The monoisotopic (exact) mass is 357 g/mol. The molecule has 0 bridgehead atoms. The summed E-state index contributed by atoms with van der Waals surface area (Å²) in [5.41, 5.74) is 1.01. The molecule has 26 heavy (non-hydrogen) atoms. The van der Waals surface area contributed by atoms with Gasteiger partial charge in [-0.05, 0) is 48.0 Å². The molecule has 2 aromatic carbocycles. The fourth-order valence-electron chi connectivity index (χ4n) is 2.03. The molecule has 0 fully saturated rings. The Morgan fingerprint density at radius 2 is 1.77 bits per heavy atom. The Labute approximate surface area is 148 Å². The van der Waals surface area contributed by atoms with Gasteiger partial charge in [0.15, 0.2) is 0 Å². The highest BCUT2D eigenvalue weighted by Gasteiger charge is 2.11. The summed E-state index contributed by atoms with van der Waals surface area (Å²) in [5, 5.41) is 13.1. The zero-order valence-electron chi connectivity index (χ0n) is 13.9. The number of hydrogen-bond donors (Lipinski definition) is 1. The van der Waals surface area contributed by atoms with E-state index in [0.717, 1.165) is 0 Å². The normalized spacial score (nSPS) is 10.5. The van der Waals surface area contributed by atoms with Gasteiger partial charge >= 0.3 is 0 Å². The van der Waals surface area contributed by atoms with Crippen LogP contribution in [0.5, 0.6) is 0 Å². The van der Waals surface area contributed by atoms with Gasteiger partial charge in [0.2, 0.25) is 11.8 Å². The molecule has 7 nitrogen and oxygen atoms in total. The van der Waals surface area contributed by atoms with Gasteiger partial charge in [0, 0.05) is 30.9 Å². The maximum Gasteiger partial charge on any atom is 0.269 e. The van der Waals surface area contributed by atoms with Crippen molar-refractivity contribution >= 4 is 29.3 Å². The largest absolute Gasteiger partial charge is 0.333 e. The fourth-order valence-corrected chi connectivity index (χ4v) is 2.03. The molecular formula is C18H16FN3O4. The smallest absolute Gasteiger partial charge is 0.269 e. The van der Waals surface area contributed by atoms with Gasteiger partial charge in [0.25, 0.3) is 5.69 Å². The maximum absolute atomic E-state index is 12.8. The molecule has 2 amide bonds. The molecule has 2 aromatic rings. The molecule has 0 aliphatic heterocycles. The second kappa shape index (κ2) is 8.52. The van der Waals surface area contributed by atoms with Crippen LogP contribution in [-0.4, -0.2) is 35.2 Å². The lowest BCUT2D eigenvalue weighted by molar-refractivity contribution is -0.384. The Morgan fingerprint density at radius 1 is 1.15 bits per heavy atom. The summed E-state index contributed by atoms with van der Waals surface area (Å²) < 4.78 is 12.8. The first-order chi connectivity index (χ1) is 12.3. The van der Waals surface area contributed by atoms with Crippen molar-refractivity contribution in [2.75, 3.05) is 18.9 Å². The first kappa shape index (κ1) is 18.8. The number of hydrogen-bond acceptors (Lipinski definition) is 4. The highest BCUT2D eigenvalue weighted by atomic mass is 19.1. The van der Waals surface area contributed by atoms with E-state index in [2.05, 4.69) is 5.32 Å². The number of likely N-dealkylation sites (N-methyl/N-ethyl adjacent to an activating group) is 1. The number of nitro groups is 1. The van der Waals surface area contributed by atoms with Crippen molar-refractivity contribution < 1.29 is 18.9 Å². The molecule has 0 unspecified atom stereocenters. The van der Waals surface area contributed by atoms with E-state index in [-0.39, 0.29) is 12.2 Å². The molecule has 0 aromatic heterocycles. The number of halogens is 1. The van der Waals surface area contributed by atoms with Crippen LogP contribution >= 0.6 is 0 Å². The van der Waals surface area contributed by atoms with Crippen LogP contribution in [-0.2, 0) is 9.59 Å². The zero-order valence-corrected chi connectivity index (χ0v) is 13.9. The predicted octanol–water partition coefficient (Wildman–Crippen LogP) is 2.84. The van der Waals surface area contributed by atoms with Crippen molar-refractivity contribution in [3.63, 3.8) is 0 Å². The summed E-state index contributed by atoms with van der Waals surface area (Å²) in [5.74, 6) is -1.24. The first-order valence-electron chi connectivity index (χ1n) is 7.58. The number of nitro benzene ring substituents is 1. The SMILES string of the molecule is CN(CC(=O)Nc1ccc(F)cc1)C(=O)/C=C/c1ccc([N+](=O)[O-])cc1. The molecular weight excluding hydrogens is 341 g/mol. The van der Waals surface area contributed by atoms with E-state index in [0.29, 0.717) is 11.3 Å². The minimum Gasteiger partial charge on any atom is -0.333 e. The van der Waals surface area contributed by atoms with Crippen LogP contribution in [0.15, 0.2) is 54.6 Å². The maximum atomic E-state index is 12.8. The lowest BCUT2D eigenvalue weighted by Gasteiger charge is -2.14. The van der Waals surface area contributed by atoms with Crippen molar-refractivity contribution in [2.24, 2.45) is 0 Å². The molecule has 0 aliphatic rings. The average Bonchev–Trinajstić information content (AvgIpc) is 2.61. The van der Waals surface area contributed by atoms with Gasteiger partial charge < -0.3 is 10.2 Å². The Balaban J connectivity index is 1.88. The molecule has 0 spiro atoms. The van der Waals surface area contributed by atoms with Crippen LogP contribution in [0.1, 0.15) is 5.56 Å². The van der Waals surface area contributed by atoms with Crippen molar-refractivity contribution in [2.45, 2.75) is 0 Å². The Kier molecular flexibility index (Phi) is 6.15. The van der Waals surface area contributed by atoms with E-state index >= 15 is 0 Å². The highest BCUT2D eigenvalue weighted by Crippen LogP contribution is 2.13. The second-order valence-corrected chi connectivity index (χ2v) is 5.43. The average molecular weight is 357 g/mol. The number of benzene rings is 2. The van der Waals surface area contributed by atoms with Crippen LogP contribution in [0.2, 0.25) is 0 Å². The van der Waals surface area contributed by atoms with E-state index in [9.17, 15) is 24.1 Å². The molecule has 0 atom stereocenters. The molecule has 134 valence electrons. The number of carbonyl (C=O) groups is 2. The number of amides is 2. The van der Waals surface area contributed by atoms with Crippen molar-refractivity contribution in [1.29, 1.82) is 0 Å². The minimum absolute atomic E-state index is 0.0388. The molecule has 0 radical (unpaired) electrons. The molecule has 0 saturated carbocycles. The summed E-state index contributed by atoms with van der Waals surface area (Å²) in [7, 11) is 1.47. The lowest BCUT2D eigenvalue weighted by Crippen LogP contribution is -2.33. The zero-order chi connectivity index (χ0) is 19.1. The van der Waals surface area contributed by atoms with Crippen LogP contribution in [0.3, 0.4) is 0 Å². The van der Waals surface area contributed by atoms with Crippen molar-refractivity contribution in [1.82, 2.24) is 4.90 Å². The van der Waals surface area contributed by atoms with E-state index in [1.165, 1.54) is 72.6 Å². The predicted molar refractivity (Wildman–Crippen MR) is 94.8 cm³/mol. The molecule has 2 rings (SSSR count). The third-order valence-corrected chi connectivity index (χ3v) is 3.41. The number of nitrogens with zero attached hydrogens (tertiary/aromatic N) is 2. The first-order valence-corrected chi connectivity index (χ1v) is 7.58. The summed E-state index contributed by atoms with van der Waals surface area (Å²) in [4.78, 5) is 35.2. The highest BCUT2D eigenvalue weighted by molar-refractivity contribution is 5.97. The number of nitrogens with one attached hydrogen (secondary N) is 1. The van der Waals surface area contributed by atoms with Crippen LogP contribution in [0, 0.1) is 15.9 Å². The van der Waals surface area contributed by atoms with Crippen LogP contribution in [0.4, 0.5) is 15.8 Å². The number of rotatable bonds is 6. The van der Waals surface area contributed by atoms with Gasteiger partial charge in [-0.2, -0.15) is 0 Å². The van der Waals surface area contributed by atoms with Gasteiger partial charge in [-0.3, -0.25) is 19.7 Å². The van der Waals surface area contributed by atoms with Crippen LogP contribution < -0.4 is 5.32 Å². The standard InChI is InChI=1S/C18H16FN3O4/c1-21(12-17(23)20-15-7-5-14(19)6-8-15)18(24)11-4-13-2-9-16(10-3-13)22(25)26/h2-11H,12H2,1H3,(H,20,23)/b11-4+. The number of carbonyl (C=O) groups excluding carboxylic acids is 2. The quantitative estimate of drug-likeness (QED) is 0.489. The summed E-state index contributed by atoms with van der Waals surface area (Å²) in [6, 6.07) is 11.0. The Bertz CT molecular complexity index is 833. The van der Waals surface area contributed by atoms with E-state index in [4.69, 9.17) is 0 Å². The molecule has 0 aliphatic carbocycles. The lowest BCUT2D eigenvalue weighted by atomic mass is 10.2. The molecule has 0 heterocycles. The number of anilines is 1. The van der Waals surface area contributed by atoms with Gasteiger partial charge in [-0.15, -0.1) is 0 Å². The van der Waals surface area contributed by atoms with Crippen LogP contribution in [0.25, 0.3) is 6.08 Å². The third kappa shape index (κ3) is 5.52. The third-order valence-electron chi connectivity index (χ3n) is 3.41. The Morgan fingerprint density at radius 3 is 2.35 bits per heavy atom. The summed E-state index contributed by atoms with van der Waals surface area (Å²) in [6.07, 6.45) is 2.77. The van der Waals surface area contributed by atoms with E-state index < -0.39 is 22.6 Å². The summed E-state index contributed by atoms with van der Waals surface area (Å²) >= 11 is 0. The van der Waals surface area contributed by atoms with E-state index in [1.807, 2.05) is 0 Å².